The number of rotatable bonds is 6. The standard InChI is InChI=1S/C14H24N2/c1-5-11(2)8-13(4)16-10-14-7-6-12(3)15-9-14/h6-7,9,11,13,16H,5,8,10H2,1-4H3. The summed E-state index contributed by atoms with van der Waals surface area (Å²) in [5.41, 5.74) is 2.35. The van der Waals surface area contributed by atoms with Crippen LogP contribution in [-0.2, 0) is 6.54 Å². The van der Waals surface area contributed by atoms with E-state index in [0.717, 1.165) is 18.2 Å². The first-order chi connectivity index (χ1) is 7.61. The zero-order valence-corrected chi connectivity index (χ0v) is 11.0. The second-order valence-electron chi connectivity index (χ2n) is 4.84. The Morgan fingerprint density at radius 2 is 2.06 bits per heavy atom. The van der Waals surface area contributed by atoms with Gasteiger partial charge in [-0.1, -0.05) is 26.3 Å². The highest BCUT2D eigenvalue weighted by Gasteiger charge is 2.06. The molecule has 2 unspecified atom stereocenters. The topological polar surface area (TPSA) is 24.9 Å². The van der Waals surface area contributed by atoms with Crippen molar-refractivity contribution in [2.45, 2.75) is 53.1 Å². The number of hydrogen-bond acceptors (Lipinski definition) is 2. The summed E-state index contributed by atoms with van der Waals surface area (Å²) >= 11 is 0. The molecule has 2 atom stereocenters. The van der Waals surface area contributed by atoms with E-state index in [2.05, 4.69) is 43.2 Å². The first kappa shape index (κ1) is 13.2. The fourth-order valence-corrected chi connectivity index (χ4v) is 1.75. The van der Waals surface area contributed by atoms with Crippen LogP contribution < -0.4 is 5.32 Å². The van der Waals surface area contributed by atoms with Crippen molar-refractivity contribution in [1.82, 2.24) is 10.3 Å². The molecule has 0 aromatic carbocycles. The molecule has 2 heteroatoms. The highest BCUT2D eigenvalue weighted by molar-refractivity contribution is 5.12. The third-order valence-corrected chi connectivity index (χ3v) is 3.08. The van der Waals surface area contributed by atoms with Crippen molar-refractivity contribution < 1.29 is 0 Å². The van der Waals surface area contributed by atoms with Gasteiger partial charge < -0.3 is 5.32 Å². The van der Waals surface area contributed by atoms with Crippen LogP contribution in [0.1, 0.15) is 44.9 Å². The molecule has 0 saturated carbocycles. The molecule has 1 heterocycles. The van der Waals surface area contributed by atoms with Crippen LogP contribution in [0.3, 0.4) is 0 Å². The minimum atomic E-state index is 0.580. The van der Waals surface area contributed by atoms with Crippen LogP contribution in [0, 0.1) is 12.8 Å². The molecule has 0 bridgehead atoms. The van der Waals surface area contributed by atoms with E-state index in [4.69, 9.17) is 0 Å². The van der Waals surface area contributed by atoms with Crippen molar-refractivity contribution in [2.75, 3.05) is 0 Å². The smallest absolute Gasteiger partial charge is 0.0372 e. The molecule has 1 N–H and O–H groups in total. The van der Waals surface area contributed by atoms with Crippen LogP contribution >= 0.6 is 0 Å². The quantitative estimate of drug-likeness (QED) is 0.795. The second kappa shape index (κ2) is 6.64. The summed E-state index contributed by atoms with van der Waals surface area (Å²) in [5, 5.41) is 3.54. The fraction of sp³-hybridized carbons (Fsp3) is 0.643. The number of nitrogens with one attached hydrogen (secondary N) is 1. The van der Waals surface area contributed by atoms with Crippen molar-refractivity contribution >= 4 is 0 Å². The average Bonchev–Trinajstić information content (AvgIpc) is 2.28. The van der Waals surface area contributed by atoms with E-state index < -0.39 is 0 Å². The lowest BCUT2D eigenvalue weighted by atomic mass is 10.0. The van der Waals surface area contributed by atoms with Gasteiger partial charge in [-0.05, 0) is 37.8 Å². The molecule has 1 aromatic rings. The zero-order chi connectivity index (χ0) is 12.0. The summed E-state index contributed by atoms with van der Waals surface area (Å²) < 4.78 is 0. The van der Waals surface area contributed by atoms with Crippen molar-refractivity contribution in [1.29, 1.82) is 0 Å². The Morgan fingerprint density at radius 3 is 2.62 bits per heavy atom. The molecule has 0 fully saturated rings. The van der Waals surface area contributed by atoms with E-state index in [-0.39, 0.29) is 0 Å². The second-order valence-corrected chi connectivity index (χ2v) is 4.84. The molecule has 0 spiro atoms. The summed E-state index contributed by atoms with van der Waals surface area (Å²) in [6, 6.07) is 4.79. The Labute approximate surface area is 99.5 Å². The SMILES string of the molecule is CCC(C)CC(C)NCc1ccc(C)nc1. The molecule has 2 nitrogen and oxygen atoms in total. The largest absolute Gasteiger partial charge is 0.310 e. The van der Waals surface area contributed by atoms with E-state index in [1.165, 1.54) is 18.4 Å². The van der Waals surface area contributed by atoms with Gasteiger partial charge in [0.2, 0.25) is 0 Å². The lowest BCUT2D eigenvalue weighted by Crippen LogP contribution is -2.27. The third-order valence-electron chi connectivity index (χ3n) is 3.08. The predicted molar refractivity (Wildman–Crippen MR) is 69.3 cm³/mol. The Morgan fingerprint density at radius 1 is 1.31 bits per heavy atom. The summed E-state index contributed by atoms with van der Waals surface area (Å²) in [6.45, 7) is 9.76. The van der Waals surface area contributed by atoms with Gasteiger partial charge in [-0.15, -0.1) is 0 Å². The Balaban J connectivity index is 2.31. The van der Waals surface area contributed by atoms with E-state index in [1.54, 1.807) is 0 Å². The normalized spacial score (nSPS) is 14.8. The van der Waals surface area contributed by atoms with Crippen molar-refractivity contribution in [3.8, 4) is 0 Å². The van der Waals surface area contributed by atoms with Gasteiger partial charge in [0.25, 0.3) is 0 Å². The van der Waals surface area contributed by atoms with Crippen molar-refractivity contribution in [3.63, 3.8) is 0 Å². The Kier molecular flexibility index (Phi) is 5.47. The summed E-state index contributed by atoms with van der Waals surface area (Å²) in [4.78, 5) is 4.29. The van der Waals surface area contributed by atoms with E-state index in [0.29, 0.717) is 6.04 Å². The Hall–Kier alpha value is -0.890. The van der Waals surface area contributed by atoms with Gasteiger partial charge in [-0.2, -0.15) is 0 Å². The lowest BCUT2D eigenvalue weighted by Gasteiger charge is -2.17. The zero-order valence-electron chi connectivity index (χ0n) is 11.0. The number of aromatic nitrogens is 1. The van der Waals surface area contributed by atoms with Gasteiger partial charge >= 0.3 is 0 Å². The van der Waals surface area contributed by atoms with E-state index in [9.17, 15) is 0 Å². The molecule has 0 aliphatic rings. The third kappa shape index (κ3) is 4.75. The monoisotopic (exact) mass is 220 g/mol. The van der Waals surface area contributed by atoms with Crippen LogP contribution in [0.5, 0.6) is 0 Å². The first-order valence-electron chi connectivity index (χ1n) is 6.26. The first-order valence-corrected chi connectivity index (χ1v) is 6.26. The van der Waals surface area contributed by atoms with Gasteiger partial charge in [-0.25, -0.2) is 0 Å². The Bertz CT molecular complexity index is 292. The number of nitrogens with zero attached hydrogens (tertiary/aromatic N) is 1. The summed E-state index contributed by atoms with van der Waals surface area (Å²) in [6.07, 6.45) is 4.46. The molecule has 16 heavy (non-hydrogen) atoms. The minimum absolute atomic E-state index is 0.580. The maximum atomic E-state index is 4.29. The van der Waals surface area contributed by atoms with Crippen LogP contribution in [0.4, 0.5) is 0 Å². The van der Waals surface area contributed by atoms with Gasteiger partial charge in [0.15, 0.2) is 0 Å². The summed E-state index contributed by atoms with van der Waals surface area (Å²) in [5.74, 6) is 0.804. The van der Waals surface area contributed by atoms with Crippen LogP contribution in [0.2, 0.25) is 0 Å². The highest BCUT2D eigenvalue weighted by Crippen LogP contribution is 2.10. The molecular formula is C14H24N2. The number of hydrogen-bond donors (Lipinski definition) is 1. The van der Waals surface area contributed by atoms with Gasteiger partial charge in [0.05, 0.1) is 0 Å². The van der Waals surface area contributed by atoms with Crippen LogP contribution in [0.15, 0.2) is 18.3 Å². The van der Waals surface area contributed by atoms with Crippen LogP contribution in [-0.4, -0.2) is 11.0 Å². The average molecular weight is 220 g/mol. The predicted octanol–water partition coefficient (Wildman–Crippen LogP) is 3.30. The molecule has 1 rings (SSSR count). The molecular weight excluding hydrogens is 196 g/mol. The molecule has 0 aliphatic carbocycles. The molecule has 0 saturated heterocycles. The number of pyridine rings is 1. The molecule has 0 radical (unpaired) electrons. The fourth-order valence-electron chi connectivity index (χ4n) is 1.75. The highest BCUT2D eigenvalue weighted by atomic mass is 14.9. The maximum Gasteiger partial charge on any atom is 0.0372 e. The lowest BCUT2D eigenvalue weighted by molar-refractivity contribution is 0.412. The summed E-state index contributed by atoms with van der Waals surface area (Å²) in [7, 11) is 0. The van der Waals surface area contributed by atoms with Gasteiger partial charge in [0.1, 0.15) is 0 Å². The van der Waals surface area contributed by atoms with Gasteiger partial charge in [-0.3, -0.25) is 4.98 Å². The van der Waals surface area contributed by atoms with Crippen molar-refractivity contribution in [3.05, 3.63) is 29.6 Å². The minimum Gasteiger partial charge on any atom is -0.310 e. The van der Waals surface area contributed by atoms with Crippen LogP contribution in [0.25, 0.3) is 0 Å². The molecule has 0 aliphatic heterocycles. The molecule has 90 valence electrons. The molecule has 1 aromatic heterocycles. The van der Waals surface area contributed by atoms with Gasteiger partial charge in [0, 0.05) is 24.5 Å². The molecule has 0 amide bonds. The van der Waals surface area contributed by atoms with E-state index in [1.807, 2.05) is 13.1 Å². The van der Waals surface area contributed by atoms with Crippen molar-refractivity contribution in [2.24, 2.45) is 5.92 Å². The number of aryl methyl sites for hydroxylation is 1. The van der Waals surface area contributed by atoms with E-state index >= 15 is 0 Å². The maximum absolute atomic E-state index is 4.29.